The van der Waals surface area contributed by atoms with Gasteiger partial charge in [0.1, 0.15) is 0 Å². The molecule has 0 saturated heterocycles. The Morgan fingerprint density at radius 3 is 3.20 bits per heavy atom. The Kier molecular flexibility index (Phi) is 1.31. The molecular weight excluding hydrogens is 143 g/mol. The SMILES string of the molecule is Sc1ccc2cobc2c1. The molecular formula is C7H5BOS. The van der Waals surface area contributed by atoms with Crippen molar-refractivity contribution in [2.45, 2.75) is 4.90 Å². The Hall–Kier alpha value is -0.695. The average molecular weight is 148 g/mol. The summed E-state index contributed by atoms with van der Waals surface area (Å²) in [5.74, 6) is 0. The van der Waals surface area contributed by atoms with Gasteiger partial charge in [-0.3, -0.25) is 0 Å². The molecule has 1 heterocycles. The molecule has 1 aromatic heterocycles. The summed E-state index contributed by atoms with van der Waals surface area (Å²) >= 11 is 4.19. The summed E-state index contributed by atoms with van der Waals surface area (Å²) in [4.78, 5) is 0.967. The van der Waals surface area contributed by atoms with E-state index >= 15 is 0 Å². The van der Waals surface area contributed by atoms with Crippen molar-refractivity contribution in [3.8, 4) is 0 Å². The number of hydrogen-bond acceptors (Lipinski definition) is 2. The van der Waals surface area contributed by atoms with E-state index < -0.39 is 0 Å². The van der Waals surface area contributed by atoms with Crippen molar-refractivity contribution in [2.75, 3.05) is 0 Å². The Labute approximate surface area is 64.7 Å². The minimum atomic E-state index is 0.967. The van der Waals surface area contributed by atoms with Crippen LogP contribution in [0.4, 0.5) is 0 Å². The molecule has 0 atom stereocenters. The van der Waals surface area contributed by atoms with Crippen LogP contribution >= 0.6 is 12.6 Å². The van der Waals surface area contributed by atoms with E-state index in [0.29, 0.717) is 0 Å². The molecule has 0 saturated carbocycles. The molecule has 2 aromatic rings. The summed E-state index contributed by atoms with van der Waals surface area (Å²) in [6.07, 6.45) is 1.72. The summed E-state index contributed by atoms with van der Waals surface area (Å²) in [5, 5.41) is 2.23. The van der Waals surface area contributed by atoms with Gasteiger partial charge in [0, 0.05) is 0 Å². The molecule has 0 spiro atoms. The zero-order chi connectivity index (χ0) is 6.97. The molecule has 3 heteroatoms. The second-order valence-electron chi connectivity index (χ2n) is 2.19. The van der Waals surface area contributed by atoms with Crippen molar-refractivity contribution in [2.24, 2.45) is 0 Å². The predicted molar refractivity (Wildman–Crippen MR) is 44.8 cm³/mol. The number of rotatable bonds is 0. The van der Waals surface area contributed by atoms with Gasteiger partial charge in [0.25, 0.3) is 0 Å². The summed E-state index contributed by atoms with van der Waals surface area (Å²) in [7, 11) is 1.72. The van der Waals surface area contributed by atoms with E-state index in [9.17, 15) is 0 Å². The first-order valence-electron chi connectivity index (χ1n) is 3.01. The first-order valence-corrected chi connectivity index (χ1v) is 3.46. The minimum absolute atomic E-state index is 0.967. The molecule has 0 radical (unpaired) electrons. The van der Waals surface area contributed by atoms with Gasteiger partial charge >= 0.3 is 64.1 Å². The average Bonchev–Trinajstić information content (AvgIpc) is 2.33. The summed E-state index contributed by atoms with van der Waals surface area (Å²) in [6.45, 7) is 0. The van der Waals surface area contributed by atoms with E-state index in [1.165, 1.54) is 0 Å². The number of fused-ring (bicyclic) bond motifs is 1. The molecule has 10 heavy (non-hydrogen) atoms. The number of hydrogen-bond donors (Lipinski definition) is 1. The summed E-state index contributed by atoms with van der Waals surface area (Å²) in [6, 6.07) is 5.91. The van der Waals surface area contributed by atoms with Gasteiger partial charge in [-0.25, -0.2) is 0 Å². The van der Waals surface area contributed by atoms with Crippen LogP contribution in [0.1, 0.15) is 0 Å². The molecule has 1 aromatic carbocycles. The molecule has 0 fully saturated rings. The number of thiol groups is 1. The topological polar surface area (TPSA) is 13.1 Å². The van der Waals surface area contributed by atoms with Crippen LogP contribution in [0.5, 0.6) is 0 Å². The second kappa shape index (κ2) is 2.17. The van der Waals surface area contributed by atoms with Crippen molar-refractivity contribution >= 4 is 30.4 Å². The maximum atomic E-state index is 4.99. The van der Waals surface area contributed by atoms with Crippen molar-refractivity contribution < 1.29 is 4.33 Å². The van der Waals surface area contributed by atoms with Crippen LogP contribution in [0, 0.1) is 0 Å². The number of benzene rings is 1. The van der Waals surface area contributed by atoms with Crippen LogP contribution in [0.3, 0.4) is 0 Å². The molecule has 0 aliphatic heterocycles. The first kappa shape index (κ1) is 6.04. The van der Waals surface area contributed by atoms with Crippen molar-refractivity contribution in [1.29, 1.82) is 0 Å². The molecule has 0 unspecified atom stereocenters. The Morgan fingerprint density at radius 1 is 1.40 bits per heavy atom. The zero-order valence-electron chi connectivity index (χ0n) is 5.24. The van der Waals surface area contributed by atoms with Crippen LogP contribution in [0.25, 0.3) is 10.7 Å². The van der Waals surface area contributed by atoms with Gasteiger partial charge in [0.05, 0.1) is 0 Å². The van der Waals surface area contributed by atoms with Crippen LogP contribution in [0.2, 0.25) is 0 Å². The Morgan fingerprint density at radius 2 is 2.30 bits per heavy atom. The van der Waals surface area contributed by atoms with E-state index in [4.69, 9.17) is 4.33 Å². The fourth-order valence-corrected chi connectivity index (χ4v) is 1.17. The van der Waals surface area contributed by atoms with E-state index in [-0.39, 0.29) is 0 Å². The first-order chi connectivity index (χ1) is 4.86. The normalized spacial score (nSPS) is 10.1. The van der Waals surface area contributed by atoms with Gasteiger partial charge in [-0.05, 0) is 0 Å². The molecule has 0 bridgehead atoms. The monoisotopic (exact) mass is 148 g/mol. The van der Waals surface area contributed by atoms with Crippen LogP contribution in [0.15, 0.2) is 33.7 Å². The molecule has 0 aliphatic rings. The van der Waals surface area contributed by atoms with Crippen molar-refractivity contribution in [3.63, 3.8) is 0 Å². The van der Waals surface area contributed by atoms with Gasteiger partial charge in [-0.15, -0.1) is 0 Å². The van der Waals surface area contributed by atoms with Gasteiger partial charge in [0.15, 0.2) is 0 Å². The van der Waals surface area contributed by atoms with E-state index in [0.717, 1.165) is 15.6 Å². The predicted octanol–water partition coefficient (Wildman–Crippen LogP) is 2.06. The van der Waals surface area contributed by atoms with E-state index in [1.807, 2.05) is 18.2 Å². The molecule has 2 rings (SSSR count). The Balaban J connectivity index is 2.86. The molecule has 0 amide bonds. The van der Waals surface area contributed by atoms with Crippen LogP contribution in [-0.2, 0) is 0 Å². The summed E-state index contributed by atoms with van der Waals surface area (Å²) in [5.41, 5.74) is 0. The third-order valence-electron chi connectivity index (χ3n) is 1.46. The van der Waals surface area contributed by atoms with Crippen molar-refractivity contribution in [3.05, 3.63) is 24.5 Å². The van der Waals surface area contributed by atoms with Gasteiger partial charge in [0.2, 0.25) is 0 Å². The molecule has 0 aliphatic carbocycles. The van der Waals surface area contributed by atoms with Gasteiger partial charge in [-0.2, -0.15) is 0 Å². The summed E-state index contributed by atoms with van der Waals surface area (Å²) < 4.78 is 4.99. The van der Waals surface area contributed by atoms with Crippen molar-refractivity contribution in [1.82, 2.24) is 0 Å². The standard InChI is InChI=1S/C7H5BOS/c10-6-2-1-5-4-9-8-7(5)3-6/h1-4,10H. The van der Waals surface area contributed by atoms with Gasteiger partial charge in [-0.1, -0.05) is 0 Å². The van der Waals surface area contributed by atoms with Gasteiger partial charge < -0.3 is 0 Å². The van der Waals surface area contributed by atoms with Crippen LogP contribution in [-0.4, -0.2) is 7.13 Å². The molecule has 48 valence electrons. The third-order valence-corrected chi connectivity index (χ3v) is 1.74. The van der Waals surface area contributed by atoms with E-state index in [1.54, 1.807) is 13.4 Å². The zero-order valence-corrected chi connectivity index (χ0v) is 6.14. The third kappa shape index (κ3) is 0.867. The fourth-order valence-electron chi connectivity index (χ4n) is 0.952. The van der Waals surface area contributed by atoms with Crippen LogP contribution < -0.4 is 0 Å². The fraction of sp³-hybridized carbons (Fsp3) is 0. The van der Waals surface area contributed by atoms with E-state index in [2.05, 4.69) is 12.6 Å². The second-order valence-corrected chi connectivity index (χ2v) is 2.70. The quantitative estimate of drug-likeness (QED) is 0.564. The maximum absolute atomic E-state index is 4.99. The Bertz CT molecular complexity index is 355. The molecule has 0 N–H and O–H groups in total. The molecule has 1 nitrogen and oxygen atoms in total.